The normalized spacial score (nSPS) is 9.58. The van der Waals surface area contributed by atoms with Gasteiger partial charge in [-0.2, -0.15) is 43.5 Å². The van der Waals surface area contributed by atoms with E-state index in [1.54, 1.807) is 0 Å². The van der Waals surface area contributed by atoms with E-state index in [4.69, 9.17) is 0 Å². The molecule has 0 radical (unpaired) electrons. The second-order valence-electron chi connectivity index (χ2n) is 1.79. The minimum absolute atomic E-state index is 0. The number of rotatable bonds is 0. The van der Waals surface area contributed by atoms with Crippen molar-refractivity contribution in [1.82, 2.24) is 0 Å². The van der Waals surface area contributed by atoms with Gasteiger partial charge in [-0.1, -0.05) is 5.56 Å². The van der Waals surface area contributed by atoms with Gasteiger partial charge in [0.1, 0.15) is 0 Å². The Kier molecular flexibility index (Phi) is 7.33. The van der Waals surface area contributed by atoms with Gasteiger partial charge in [-0.3, -0.25) is 0 Å². The Bertz CT molecular complexity index is 210. The summed E-state index contributed by atoms with van der Waals surface area (Å²) in [6.45, 7) is 0. The molecule has 0 unspecified atom stereocenters. The largest absolute Gasteiger partial charge is 2.00 e. The van der Waals surface area contributed by atoms with Gasteiger partial charge in [0.15, 0.2) is 0 Å². The molecule has 0 aliphatic rings. The molecular weight excluding hydrogens is 333 g/mol. The summed E-state index contributed by atoms with van der Waals surface area (Å²) in [5.41, 5.74) is -0.633. The van der Waals surface area contributed by atoms with Crippen LogP contribution in [0.1, 0.15) is 5.56 Å². The number of halogens is 4. The fourth-order valence-electron chi connectivity index (χ4n) is 0.576. The zero-order valence-corrected chi connectivity index (χ0v) is 11.2. The van der Waals surface area contributed by atoms with Crippen LogP contribution in [-0.2, 0) is 25.7 Å². The molecule has 1 rings (SSSR count). The second-order valence-corrected chi connectivity index (χ2v) is 1.79. The van der Waals surface area contributed by atoms with Crippen LogP contribution in [0, 0.1) is 6.07 Å². The van der Waals surface area contributed by atoms with Gasteiger partial charge >= 0.3 is 25.7 Å². The molecule has 0 aliphatic heterocycles. The minimum Gasteiger partial charge on any atom is -1.00 e. The average molecular weight is 337 g/mol. The van der Waals surface area contributed by atoms with E-state index in [2.05, 4.69) is 6.07 Å². The van der Waals surface area contributed by atoms with Gasteiger partial charge in [0.2, 0.25) is 0 Å². The summed E-state index contributed by atoms with van der Waals surface area (Å²) in [6, 6.07) is 6.95. The van der Waals surface area contributed by atoms with E-state index < -0.39 is 11.7 Å². The van der Waals surface area contributed by atoms with Gasteiger partial charge in [0, 0.05) is 0 Å². The molecular formula is C7H4F3IZn. The van der Waals surface area contributed by atoms with Crippen molar-refractivity contribution in [1.29, 1.82) is 0 Å². The first-order valence-electron chi connectivity index (χ1n) is 2.64. The van der Waals surface area contributed by atoms with Gasteiger partial charge in [0.05, 0.1) is 0 Å². The fourth-order valence-corrected chi connectivity index (χ4v) is 0.576. The zero-order valence-electron chi connectivity index (χ0n) is 6.03. The predicted molar refractivity (Wildman–Crippen MR) is 30.3 cm³/mol. The van der Waals surface area contributed by atoms with Crippen LogP contribution in [0.4, 0.5) is 13.2 Å². The molecule has 0 aliphatic carbocycles. The van der Waals surface area contributed by atoms with E-state index in [1.165, 1.54) is 12.1 Å². The first kappa shape index (κ1) is 14.9. The monoisotopic (exact) mass is 336 g/mol. The molecule has 0 aromatic heterocycles. The van der Waals surface area contributed by atoms with Crippen LogP contribution in [0.15, 0.2) is 24.3 Å². The Morgan fingerprint density at radius 3 is 1.75 bits per heavy atom. The van der Waals surface area contributed by atoms with Crippen molar-refractivity contribution in [2.75, 3.05) is 0 Å². The Morgan fingerprint density at radius 2 is 1.50 bits per heavy atom. The molecule has 0 nitrogen and oxygen atoms in total. The van der Waals surface area contributed by atoms with Gasteiger partial charge in [-0.15, -0.1) is 0 Å². The maximum Gasteiger partial charge on any atom is 2.00 e. The van der Waals surface area contributed by atoms with Crippen LogP contribution < -0.4 is 24.0 Å². The molecule has 0 saturated carbocycles. The van der Waals surface area contributed by atoms with Crippen LogP contribution in [0.3, 0.4) is 0 Å². The van der Waals surface area contributed by atoms with Crippen LogP contribution in [0.2, 0.25) is 0 Å². The maximum absolute atomic E-state index is 11.8. The summed E-state index contributed by atoms with van der Waals surface area (Å²) in [5, 5.41) is 0. The van der Waals surface area contributed by atoms with Crippen LogP contribution >= 0.6 is 0 Å². The van der Waals surface area contributed by atoms with E-state index in [0.29, 0.717) is 0 Å². The SMILES string of the molecule is FC(F)(F)c1cc[c-]cc1.[I-].[Zn+2]. The molecule has 0 saturated heterocycles. The topological polar surface area (TPSA) is 0 Å². The molecule has 1 aromatic rings. The summed E-state index contributed by atoms with van der Waals surface area (Å²) in [6.07, 6.45) is -4.23. The first-order chi connectivity index (χ1) is 4.61. The summed E-state index contributed by atoms with van der Waals surface area (Å²) in [4.78, 5) is 0. The van der Waals surface area contributed by atoms with Gasteiger partial charge in [-0.25, -0.2) is 0 Å². The molecule has 0 amide bonds. The van der Waals surface area contributed by atoms with Crippen molar-refractivity contribution in [2.45, 2.75) is 6.18 Å². The quantitative estimate of drug-likeness (QED) is 0.340. The molecule has 0 heterocycles. The Labute approximate surface area is 98.3 Å². The summed E-state index contributed by atoms with van der Waals surface area (Å²) in [7, 11) is 0. The molecule has 0 fully saturated rings. The summed E-state index contributed by atoms with van der Waals surface area (Å²) >= 11 is 0. The van der Waals surface area contributed by atoms with Crippen molar-refractivity contribution < 1.29 is 56.6 Å². The van der Waals surface area contributed by atoms with E-state index >= 15 is 0 Å². The molecule has 0 atom stereocenters. The summed E-state index contributed by atoms with van der Waals surface area (Å²) in [5.74, 6) is 0. The Morgan fingerprint density at radius 1 is 1.08 bits per heavy atom. The van der Waals surface area contributed by atoms with E-state index in [9.17, 15) is 13.2 Å². The Balaban J connectivity index is 0. The second kappa shape index (κ2) is 5.92. The van der Waals surface area contributed by atoms with E-state index in [1.807, 2.05) is 0 Å². The molecule has 12 heavy (non-hydrogen) atoms. The molecule has 62 valence electrons. The van der Waals surface area contributed by atoms with Gasteiger partial charge in [0.25, 0.3) is 0 Å². The third-order valence-electron chi connectivity index (χ3n) is 1.05. The molecule has 5 heteroatoms. The van der Waals surface area contributed by atoms with Crippen molar-refractivity contribution >= 4 is 0 Å². The number of hydrogen-bond acceptors (Lipinski definition) is 0. The minimum atomic E-state index is -4.23. The number of alkyl halides is 3. The molecule has 0 bridgehead atoms. The maximum atomic E-state index is 11.8. The third-order valence-corrected chi connectivity index (χ3v) is 1.05. The third kappa shape index (κ3) is 4.40. The van der Waals surface area contributed by atoms with E-state index in [-0.39, 0.29) is 43.5 Å². The smallest absolute Gasteiger partial charge is 1.00 e. The van der Waals surface area contributed by atoms with Crippen molar-refractivity contribution in [2.24, 2.45) is 0 Å². The van der Waals surface area contributed by atoms with Gasteiger partial charge < -0.3 is 24.0 Å². The summed E-state index contributed by atoms with van der Waals surface area (Å²) < 4.78 is 35.3. The van der Waals surface area contributed by atoms with Crippen LogP contribution in [-0.4, -0.2) is 0 Å². The van der Waals surface area contributed by atoms with Crippen LogP contribution in [0.5, 0.6) is 0 Å². The zero-order chi connectivity index (χ0) is 7.61. The number of hydrogen-bond donors (Lipinski definition) is 0. The standard InChI is InChI=1S/C7H4F3.HI.Zn/c8-7(9,10)6-4-2-1-3-5-6;;/h2-5H;1H;/q-1;;+2/p-1. The van der Waals surface area contributed by atoms with Crippen molar-refractivity contribution in [3.8, 4) is 0 Å². The van der Waals surface area contributed by atoms with Gasteiger partial charge in [-0.05, 0) is 0 Å². The average Bonchev–Trinajstić information content (AvgIpc) is 1.88. The first-order valence-corrected chi connectivity index (χ1v) is 2.64. The van der Waals surface area contributed by atoms with E-state index in [0.717, 1.165) is 12.1 Å². The molecule has 1 aromatic carbocycles. The molecule has 0 spiro atoms. The Hall–Kier alpha value is 0.363. The fraction of sp³-hybridized carbons (Fsp3) is 0.143. The van der Waals surface area contributed by atoms with Crippen LogP contribution in [0.25, 0.3) is 0 Å². The van der Waals surface area contributed by atoms with Crippen molar-refractivity contribution in [3.05, 3.63) is 35.9 Å². The molecule has 0 N–H and O–H groups in total. The predicted octanol–water partition coefficient (Wildman–Crippen LogP) is -0.493. The number of benzene rings is 1. The van der Waals surface area contributed by atoms with Crippen molar-refractivity contribution in [3.63, 3.8) is 0 Å².